The highest BCUT2D eigenvalue weighted by Crippen LogP contribution is 2.33. The first-order valence-electron chi connectivity index (χ1n) is 5.61. The van der Waals surface area contributed by atoms with Gasteiger partial charge in [0.2, 0.25) is 0 Å². The molecular formula is C13H15BrO6. The molecule has 1 aromatic carbocycles. The van der Waals surface area contributed by atoms with Crippen LogP contribution in [0.5, 0.6) is 5.75 Å². The average Bonchev–Trinajstić information content (AvgIpc) is 2.50. The second-order valence-electron chi connectivity index (χ2n) is 3.68. The van der Waals surface area contributed by atoms with Crippen molar-refractivity contribution in [2.45, 2.75) is 4.83 Å². The van der Waals surface area contributed by atoms with E-state index in [0.29, 0.717) is 16.9 Å². The van der Waals surface area contributed by atoms with E-state index < -0.39 is 16.8 Å². The van der Waals surface area contributed by atoms with Crippen LogP contribution in [0.25, 0.3) is 0 Å². The van der Waals surface area contributed by atoms with Gasteiger partial charge in [0.1, 0.15) is 10.6 Å². The number of carbonyl (C=O) groups is 2. The number of alkyl halides is 1. The third-order valence-electron chi connectivity index (χ3n) is 2.45. The van der Waals surface area contributed by atoms with Crippen molar-refractivity contribution in [3.63, 3.8) is 0 Å². The lowest BCUT2D eigenvalue weighted by molar-refractivity contribution is -0.139. The highest BCUT2D eigenvalue weighted by molar-refractivity contribution is 9.09. The number of ether oxygens (including phenoxy) is 4. The SMILES string of the molecule is COCOc1cc(C(=O)OC)ccc1C(Br)C(=O)OC. The smallest absolute Gasteiger partial charge is 0.337 e. The van der Waals surface area contributed by atoms with E-state index in [1.807, 2.05) is 0 Å². The molecule has 0 aliphatic heterocycles. The van der Waals surface area contributed by atoms with Gasteiger partial charge in [0.25, 0.3) is 0 Å². The Morgan fingerprint density at radius 2 is 1.90 bits per heavy atom. The van der Waals surface area contributed by atoms with E-state index >= 15 is 0 Å². The van der Waals surface area contributed by atoms with E-state index in [9.17, 15) is 9.59 Å². The number of halogens is 1. The van der Waals surface area contributed by atoms with E-state index in [4.69, 9.17) is 9.47 Å². The first-order chi connectivity index (χ1) is 9.54. The zero-order valence-corrected chi connectivity index (χ0v) is 12.9. The van der Waals surface area contributed by atoms with Crippen LogP contribution in [0, 0.1) is 0 Å². The van der Waals surface area contributed by atoms with Crippen LogP contribution in [0.15, 0.2) is 18.2 Å². The van der Waals surface area contributed by atoms with Gasteiger partial charge in [-0.25, -0.2) is 4.79 Å². The minimum absolute atomic E-state index is 0.0154. The minimum atomic E-state index is -0.703. The van der Waals surface area contributed by atoms with Gasteiger partial charge in [-0.2, -0.15) is 0 Å². The lowest BCUT2D eigenvalue weighted by Gasteiger charge is -2.15. The van der Waals surface area contributed by atoms with E-state index in [1.54, 1.807) is 6.07 Å². The molecule has 0 saturated carbocycles. The van der Waals surface area contributed by atoms with Crippen molar-refractivity contribution in [1.82, 2.24) is 0 Å². The number of benzene rings is 1. The highest BCUT2D eigenvalue weighted by atomic mass is 79.9. The van der Waals surface area contributed by atoms with Crippen molar-refractivity contribution in [1.29, 1.82) is 0 Å². The molecule has 0 heterocycles. The molecule has 0 fully saturated rings. The standard InChI is InChI=1S/C13H15BrO6/c1-17-7-20-10-6-8(12(15)18-2)4-5-9(10)11(14)13(16)19-3/h4-6,11H,7H2,1-3H3. The topological polar surface area (TPSA) is 71.1 Å². The van der Waals surface area contributed by atoms with Crippen LogP contribution in [-0.2, 0) is 19.0 Å². The summed E-state index contributed by atoms with van der Waals surface area (Å²) in [4.78, 5) is 22.4. The number of esters is 2. The second kappa shape index (κ2) is 7.86. The Morgan fingerprint density at radius 1 is 1.20 bits per heavy atom. The molecule has 0 amide bonds. The molecule has 0 aliphatic carbocycles. The molecule has 0 spiro atoms. The Balaban J connectivity index is 3.15. The molecule has 1 aromatic rings. The largest absolute Gasteiger partial charge is 0.468 e. The fraction of sp³-hybridized carbons (Fsp3) is 0.385. The summed E-state index contributed by atoms with van der Waals surface area (Å²) in [5, 5.41) is 0. The number of hydrogen-bond donors (Lipinski definition) is 0. The molecule has 6 nitrogen and oxygen atoms in total. The molecule has 0 N–H and O–H groups in total. The first-order valence-corrected chi connectivity index (χ1v) is 6.52. The Morgan fingerprint density at radius 3 is 2.45 bits per heavy atom. The van der Waals surface area contributed by atoms with Crippen molar-refractivity contribution < 1.29 is 28.5 Å². The van der Waals surface area contributed by atoms with Crippen molar-refractivity contribution in [2.75, 3.05) is 28.1 Å². The zero-order valence-electron chi connectivity index (χ0n) is 11.3. The summed E-state index contributed by atoms with van der Waals surface area (Å²) in [6.45, 7) is -0.0154. The number of hydrogen-bond acceptors (Lipinski definition) is 6. The molecule has 0 radical (unpaired) electrons. The Bertz CT molecular complexity index is 488. The van der Waals surface area contributed by atoms with Crippen molar-refractivity contribution in [2.24, 2.45) is 0 Å². The van der Waals surface area contributed by atoms with E-state index in [1.165, 1.54) is 33.5 Å². The number of methoxy groups -OCH3 is 3. The predicted molar refractivity (Wildman–Crippen MR) is 74.0 cm³/mol. The van der Waals surface area contributed by atoms with Gasteiger partial charge in [0, 0.05) is 12.7 Å². The van der Waals surface area contributed by atoms with Gasteiger partial charge >= 0.3 is 11.9 Å². The van der Waals surface area contributed by atoms with Crippen LogP contribution in [-0.4, -0.2) is 40.1 Å². The van der Waals surface area contributed by atoms with Crippen molar-refractivity contribution in [3.05, 3.63) is 29.3 Å². The summed E-state index contributed by atoms with van der Waals surface area (Å²) in [5.41, 5.74) is 0.841. The van der Waals surface area contributed by atoms with Crippen LogP contribution in [0.2, 0.25) is 0 Å². The maximum Gasteiger partial charge on any atom is 0.337 e. The van der Waals surface area contributed by atoms with E-state index in [0.717, 1.165) is 0 Å². The zero-order chi connectivity index (χ0) is 15.1. The Kier molecular flexibility index (Phi) is 6.47. The maximum absolute atomic E-state index is 11.6. The van der Waals surface area contributed by atoms with Gasteiger partial charge in [0.15, 0.2) is 6.79 Å². The molecule has 0 aliphatic rings. The highest BCUT2D eigenvalue weighted by Gasteiger charge is 2.23. The molecule has 1 rings (SSSR count). The molecule has 1 atom stereocenters. The van der Waals surface area contributed by atoms with Gasteiger partial charge in [0.05, 0.1) is 19.8 Å². The van der Waals surface area contributed by atoms with Crippen LogP contribution in [0.3, 0.4) is 0 Å². The molecule has 110 valence electrons. The summed E-state index contributed by atoms with van der Waals surface area (Å²) < 4.78 is 19.5. The summed E-state index contributed by atoms with van der Waals surface area (Å²) in [7, 11) is 4.04. The third kappa shape index (κ3) is 3.94. The summed E-state index contributed by atoms with van der Waals surface area (Å²) in [6, 6.07) is 4.61. The van der Waals surface area contributed by atoms with Crippen LogP contribution in [0.1, 0.15) is 20.7 Å². The third-order valence-corrected chi connectivity index (χ3v) is 3.32. The quantitative estimate of drug-likeness (QED) is 0.446. The van der Waals surface area contributed by atoms with Crippen molar-refractivity contribution >= 4 is 27.9 Å². The van der Waals surface area contributed by atoms with E-state index in [-0.39, 0.29) is 6.79 Å². The molecule has 0 bridgehead atoms. The molecular weight excluding hydrogens is 332 g/mol. The summed E-state index contributed by atoms with van der Waals surface area (Å²) >= 11 is 3.22. The first kappa shape index (κ1) is 16.5. The molecule has 0 aromatic heterocycles. The Labute approximate surface area is 125 Å². The second-order valence-corrected chi connectivity index (χ2v) is 4.60. The number of carbonyl (C=O) groups excluding carboxylic acids is 2. The minimum Gasteiger partial charge on any atom is -0.468 e. The average molecular weight is 347 g/mol. The maximum atomic E-state index is 11.6. The predicted octanol–water partition coefficient (Wildman–Crippen LogP) is 2.06. The molecule has 0 saturated heterocycles. The molecule has 20 heavy (non-hydrogen) atoms. The van der Waals surface area contributed by atoms with Gasteiger partial charge < -0.3 is 18.9 Å². The van der Waals surface area contributed by atoms with Gasteiger partial charge in [-0.3, -0.25) is 4.79 Å². The van der Waals surface area contributed by atoms with Crippen LogP contribution < -0.4 is 4.74 Å². The normalized spacial score (nSPS) is 11.6. The summed E-state index contributed by atoms with van der Waals surface area (Å²) in [5.74, 6) is -0.636. The van der Waals surface area contributed by atoms with Crippen LogP contribution >= 0.6 is 15.9 Å². The Hall–Kier alpha value is -1.60. The van der Waals surface area contributed by atoms with Crippen LogP contribution in [0.4, 0.5) is 0 Å². The fourth-order valence-corrected chi connectivity index (χ4v) is 2.03. The van der Waals surface area contributed by atoms with Gasteiger partial charge in [-0.1, -0.05) is 22.0 Å². The lowest BCUT2D eigenvalue weighted by Crippen LogP contribution is -2.12. The monoisotopic (exact) mass is 346 g/mol. The van der Waals surface area contributed by atoms with Gasteiger partial charge in [-0.15, -0.1) is 0 Å². The van der Waals surface area contributed by atoms with Gasteiger partial charge in [-0.05, 0) is 12.1 Å². The van der Waals surface area contributed by atoms with E-state index in [2.05, 4.69) is 25.4 Å². The lowest BCUT2D eigenvalue weighted by atomic mass is 10.1. The van der Waals surface area contributed by atoms with Crippen molar-refractivity contribution in [3.8, 4) is 5.75 Å². The molecule has 7 heteroatoms. The number of rotatable bonds is 6. The molecule has 1 unspecified atom stereocenters. The summed E-state index contributed by atoms with van der Waals surface area (Å²) in [6.07, 6.45) is 0. The fourth-order valence-electron chi connectivity index (χ4n) is 1.47.